The number of primary amides is 1. The van der Waals surface area contributed by atoms with Gasteiger partial charge in [-0.05, 0) is 52.3 Å². The van der Waals surface area contributed by atoms with Crippen LogP contribution in [0.25, 0.3) is 11.3 Å². The van der Waals surface area contributed by atoms with Crippen LogP contribution >= 0.6 is 15.9 Å². The normalized spacial score (nSPS) is 12.2. The van der Waals surface area contributed by atoms with Gasteiger partial charge in [0.1, 0.15) is 17.1 Å². The van der Waals surface area contributed by atoms with E-state index in [4.69, 9.17) is 14.9 Å². The summed E-state index contributed by atoms with van der Waals surface area (Å²) in [5, 5.41) is 2.55. The summed E-state index contributed by atoms with van der Waals surface area (Å²) in [5.41, 5.74) is 3.68. The standard InChI is InChI=1S/C25H16BrF5N4O4/c26-21-20(12-3-5-14(6-4-12)25(29,30)31)35-24(39-21)17(11-34-23(37)13-2-1-9-33-10-13)38-16-8-7-15(27)18(19(16)28)22(32)36/h1-10,17H,11H2,(H2,32,36)(H,34,37)/t17-/m0/s1. The van der Waals surface area contributed by atoms with E-state index >= 15 is 0 Å². The van der Waals surface area contributed by atoms with Crippen molar-refractivity contribution in [3.8, 4) is 17.0 Å². The smallest absolute Gasteiger partial charge is 0.416 e. The van der Waals surface area contributed by atoms with Crippen LogP contribution in [0.3, 0.4) is 0 Å². The monoisotopic (exact) mass is 610 g/mol. The topological polar surface area (TPSA) is 120 Å². The lowest BCUT2D eigenvalue weighted by molar-refractivity contribution is -0.137. The van der Waals surface area contributed by atoms with E-state index < -0.39 is 52.6 Å². The Morgan fingerprint density at radius 2 is 1.82 bits per heavy atom. The van der Waals surface area contributed by atoms with Gasteiger partial charge in [-0.15, -0.1) is 0 Å². The molecule has 39 heavy (non-hydrogen) atoms. The van der Waals surface area contributed by atoms with Crippen molar-refractivity contribution in [3.63, 3.8) is 0 Å². The summed E-state index contributed by atoms with van der Waals surface area (Å²) >= 11 is 3.15. The summed E-state index contributed by atoms with van der Waals surface area (Å²) in [6.07, 6.45) is -3.14. The Morgan fingerprint density at radius 3 is 2.44 bits per heavy atom. The van der Waals surface area contributed by atoms with Gasteiger partial charge in [-0.1, -0.05) is 12.1 Å². The molecule has 0 bridgehead atoms. The van der Waals surface area contributed by atoms with Crippen molar-refractivity contribution in [2.45, 2.75) is 12.3 Å². The Bertz CT molecular complexity index is 1510. The maximum absolute atomic E-state index is 14.9. The number of aromatic nitrogens is 2. The molecule has 0 unspecified atom stereocenters. The number of benzene rings is 2. The number of nitrogens with zero attached hydrogens (tertiary/aromatic N) is 2. The zero-order valence-electron chi connectivity index (χ0n) is 19.4. The van der Waals surface area contributed by atoms with Crippen LogP contribution in [0.5, 0.6) is 5.75 Å². The van der Waals surface area contributed by atoms with E-state index in [-0.39, 0.29) is 33.9 Å². The summed E-state index contributed by atoms with van der Waals surface area (Å²) in [6, 6.07) is 8.76. The van der Waals surface area contributed by atoms with Crippen molar-refractivity contribution in [2.75, 3.05) is 6.54 Å². The first-order valence-electron chi connectivity index (χ1n) is 10.9. The highest BCUT2D eigenvalue weighted by atomic mass is 79.9. The molecule has 2 aromatic heterocycles. The van der Waals surface area contributed by atoms with Crippen LogP contribution in [0.15, 0.2) is 70.0 Å². The van der Waals surface area contributed by atoms with Gasteiger partial charge < -0.3 is 20.2 Å². The first-order valence-corrected chi connectivity index (χ1v) is 11.7. The number of carbonyl (C=O) groups excluding carboxylic acids is 2. The summed E-state index contributed by atoms with van der Waals surface area (Å²) in [7, 11) is 0. The zero-order chi connectivity index (χ0) is 28.3. The number of alkyl halides is 3. The van der Waals surface area contributed by atoms with Gasteiger partial charge in [0.15, 0.2) is 22.3 Å². The molecule has 14 heteroatoms. The van der Waals surface area contributed by atoms with Gasteiger partial charge in [0, 0.05) is 18.0 Å². The fraction of sp³-hybridized carbons (Fsp3) is 0.120. The van der Waals surface area contributed by atoms with Crippen molar-refractivity contribution < 1.29 is 40.7 Å². The van der Waals surface area contributed by atoms with Gasteiger partial charge in [-0.3, -0.25) is 14.6 Å². The molecule has 1 atom stereocenters. The molecule has 3 N–H and O–H groups in total. The van der Waals surface area contributed by atoms with Gasteiger partial charge in [0.2, 0.25) is 5.89 Å². The molecule has 0 spiro atoms. The first kappa shape index (κ1) is 27.7. The number of oxazole rings is 1. The molecule has 0 saturated heterocycles. The van der Waals surface area contributed by atoms with Gasteiger partial charge in [-0.25, -0.2) is 13.8 Å². The highest BCUT2D eigenvalue weighted by Crippen LogP contribution is 2.35. The lowest BCUT2D eigenvalue weighted by atomic mass is 10.1. The fourth-order valence-electron chi connectivity index (χ4n) is 3.42. The maximum Gasteiger partial charge on any atom is 0.416 e. The Kier molecular flexibility index (Phi) is 7.95. The van der Waals surface area contributed by atoms with Crippen molar-refractivity contribution in [1.82, 2.24) is 15.3 Å². The molecular weight excluding hydrogens is 595 g/mol. The first-order chi connectivity index (χ1) is 18.5. The number of hydrogen-bond donors (Lipinski definition) is 2. The number of pyridine rings is 1. The van der Waals surface area contributed by atoms with Crippen LogP contribution < -0.4 is 15.8 Å². The predicted octanol–water partition coefficient (Wildman–Crippen LogP) is 5.45. The molecule has 4 aromatic rings. The highest BCUT2D eigenvalue weighted by molar-refractivity contribution is 9.10. The molecule has 2 aromatic carbocycles. The Labute approximate surface area is 225 Å². The van der Waals surface area contributed by atoms with E-state index in [1.54, 1.807) is 0 Å². The van der Waals surface area contributed by atoms with Crippen LogP contribution in [-0.2, 0) is 6.18 Å². The largest absolute Gasteiger partial charge is 0.476 e. The second-order valence-electron chi connectivity index (χ2n) is 7.91. The Morgan fingerprint density at radius 1 is 1.10 bits per heavy atom. The number of ether oxygens (including phenoxy) is 1. The summed E-state index contributed by atoms with van der Waals surface area (Å²) in [6.45, 7) is -0.365. The number of carbonyl (C=O) groups is 2. The van der Waals surface area contributed by atoms with Crippen LogP contribution in [0, 0.1) is 11.6 Å². The molecule has 0 aliphatic heterocycles. The number of hydrogen-bond acceptors (Lipinski definition) is 6. The SMILES string of the molecule is NC(=O)c1c(F)ccc(O[C@@H](CNC(=O)c2cccnc2)c2nc(-c3ccc(C(F)(F)F)cc3)c(Br)o2)c1F. The van der Waals surface area contributed by atoms with Crippen LogP contribution in [-0.4, -0.2) is 28.3 Å². The van der Waals surface area contributed by atoms with E-state index in [1.165, 1.54) is 36.7 Å². The Balaban J connectivity index is 1.68. The van der Waals surface area contributed by atoms with Crippen molar-refractivity contribution in [3.05, 3.63) is 99.8 Å². The number of halogens is 6. The summed E-state index contributed by atoms with van der Waals surface area (Å²) < 4.78 is 78.9. The quantitative estimate of drug-likeness (QED) is 0.256. The van der Waals surface area contributed by atoms with E-state index in [0.717, 1.165) is 24.3 Å². The predicted molar refractivity (Wildman–Crippen MR) is 129 cm³/mol. The fourth-order valence-corrected chi connectivity index (χ4v) is 3.90. The van der Waals surface area contributed by atoms with Crippen molar-refractivity contribution >= 4 is 27.7 Å². The molecule has 4 rings (SSSR count). The lowest BCUT2D eigenvalue weighted by Crippen LogP contribution is -2.31. The molecule has 2 amide bonds. The maximum atomic E-state index is 14.9. The second-order valence-corrected chi connectivity index (χ2v) is 8.63. The molecule has 0 saturated carbocycles. The lowest BCUT2D eigenvalue weighted by Gasteiger charge is -2.18. The van der Waals surface area contributed by atoms with E-state index in [0.29, 0.717) is 0 Å². The third kappa shape index (κ3) is 6.22. The van der Waals surface area contributed by atoms with E-state index in [9.17, 15) is 31.5 Å². The van der Waals surface area contributed by atoms with Gasteiger partial charge in [-0.2, -0.15) is 13.2 Å². The van der Waals surface area contributed by atoms with Gasteiger partial charge in [0.05, 0.1) is 17.7 Å². The number of amides is 2. The molecule has 0 aliphatic carbocycles. The number of rotatable bonds is 8. The molecule has 2 heterocycles. The van der Waals surface area contributed by atoms with Crippen molar-refractivity contribution in [1.29, 1.82) is 0 Å². The molecule has 8 nitrogen and oxygen atoms in total. The highest BCUT2D eigenvalue weighted by Gasteiger charge is 2.31. The van der Waals surface area contributed by atoms with Crippen LogP contribution in [0.1, 0.15) is 38.3 Å². The van der Waals surface area contributed by atoms with Crippen LogP contribution in [0.4, 0.5) is 22.0 Å². The molecule has 202 valence electrons. The van der Waals surface area contributed by atoms with Gasteiger partial charge in [0.25, 0.3) is 11.8 Å². The Hall–Kier alpha value is -4.33. The third-order valence-corrected chi connectivity index (χ3v) is 5.84. The van der Waals surface area contributed by atoms with Gasteiger partial charge >= 0.3 is 6.18 Å². The third-order valence-electron chi connectivity index (χ3n) is 5.31. The minimum absolute atomic E-state index is 0.00171. The molecular formula is C25H16BrF5N4O4. The van der Waals surface area contributed by atoms with Crippen molar-refractivity contribution in [2.24, 2.45) is 5.73 Å². The zero-order valence-corrected chi connectivity index (χ0v) is 21.0. The average Bonchev–Trinajstić information content (AvgIpc) is 3.28. The number of nitrogens with two attached hydrogens (primary N) is 1. The molecule has 0 aliphatic rings. The van der Waals surface area contributed by atoms with E-state index in [1.807, 2.05) is 0 Å². The average molecular weight is 611 g/mol. The minimum Gasteiger partial charge on any atom is -0.476 e. The molecule has 0 fully saturated rings. The molecule has 0 radical (unpaired) electrons. The second kappa shape index (κ2) is 11.2. The van der Waals surface area contributed by atoms with Crippen LogP contribution in [0.2, 0.25) is 0 Å². The summed E-state index contributed by atoms with van der Waals surface area (Å²) in [5.74, 6) is -5.39. The number of nitrogens with one attached hydrogen (secondary N) is 1. The minimum atomic E-state index is -4.54. The summed E-state index contributed by atoms with van der Waals surface area (Å²) in [4.78, 5) is 32.2. The van der Waals surface area contributed by atoms with E-state index in [2.05, 4.69) is 31.2 Å².